The van der Waals surface area contributed by atoms with Crippen LogP contribution in [0.1, 0.15) is 49.3 Å². The second-order valence-corrected chi connectivity index (χ2v) is 7.61. The molecule has 144 valence electrons. The van der Waals surface area contributed by atoms with Crippen LogP contribution in [0.15, 0.2) is 18.2 Å². The van der Waals surface area contributed by atoms with Crippen molar-refractivity contribution in [3.05, 3.63) is 35.4 Å². The highest BCUT2D eigenvalue weighted by Crippen LogP contribution is 2.42. The van der Waals surface area contributed by atoms with Crippen LogP contribution in [0, 0.1) is 0 Å². The quantitative estimate of drug-likeness (QED) is 0.869. The molecule has 0 radical (unpaired) electrons. The van der Waals surface area contributed by atoms with E-state index in [9.17, 15) is 8.78 Å². The van der Waals surface area contributed by atoms with E-state index >= 15 is 0 Å². The number of hydrogen-bond donors (Lipinski definition) is 1. The van der Waals surface area contributed by atoms with Crippen molar-refractivity contribution in [2.24, 2.45) is 0 Å². The molecule has 1 aromatic heterocycles. The summed E-state index contributed by atoms with van der Waals surface area (Å²) in [6.45, 7) is 1.73. The summed E-state index contributed by atoms with van der Waals surface area (Å²) >= 11 is 0. The predicted molar refractivity (Wildman–Crippen MR) is 92.8 cm³/mol. The fourth-order valence-corrected chi connectivity index (χ4v) is 4.27. The van der Waals surface area contributed by atoms with Crippen molar-refractivity contribution < 1.29 is 18.3 Å². The van der Waals surface area contributed by atoms with Gasteiger partial charge in [0.25, 0.3) is 0 Å². The summed E-state index contributed by atoms with van der Waals surface area (Å²) < 4.78 is 37.6. The van der Waals surface area contributed by atoms with E-state index in [1.54, 1.807) is 18.2 Å². The van der Waals surface area contributed by atoms with E-state index in [4.69, 9.17) is 0 Å². The molecule has 27 heavy (non-hydrogen) atoms. The van der Waals surface area contributed by atoms with Gasteiger partial charge < -0.3 is 19.4 Å². The van der Waals surface area contributed by atoms with Gasteiger partial charge in [0, 0.05) is 19.5 Å². The molecule has 0 atom stereocenters. The number of fused-ring (bicyclic) bond motifs is 2. The van der Waals surface area contributed by atoms with E-state index < -0.39 is 6.29 Å². The third-order valence-corrected chi connectivity index (χ3v) is 5.84. The van der Waals surface area contributed by atoms with Crippen LogP contribution in [0.25, 0.3) is 0 Å². The smallest absolute Gasteiger partial charge is 0.395 e. The highest BCUT2D eigenvalue weighted by Gasteiger charge is 2.44. The maximum absolute atomic E-state index is 13.2. The Morgan fingerprint density at radius 3 is 2.74 bits per heavy atom. The van der Waals surface area contributed by atoms with Crippen LogP contribution in [0.2, 0.25) is 0 Å². The van der Waals surface area contributed by atoms with Gasteiger partial charge in [-0.1, -0.05) is 6.07 Å². The van der Waals surface area contributed by atoms with Crippen LogP contribution in [-0.4, -0.2) is 27.6 Å². The van der Waals surface area contributed by atoms with Crippen LogP contribution < -0.4 is 14.8 Å². The van der Waals surface area contributed by atoms with Crippen molar-refractivity contribution in [3.8, 4) is 11.5 Å². The molecule has 0 bridgehead atoms. The molecule has 1 aromatic carbocycles. The molecule has 0 unspecified atom stereocenters. The average molecular weight is 376 g/mol. The second-order valence-electron chi connectivity index (χ2n) is 7.61. The number of aryl methyl sites for hydroxylation is 1. The highest BCUT2D eigenvalue weighted by molar-refractivity contribution is 5.45. The van der Waals surface area contributed by atoms with E-state index in [0.29, 0.717) is 6.42 Å². The molecule has 3 heterocycles. The van der Waals surface area contributed by atoms with Crippen LogP contribution in [-0.2, 0) is 24.9 Å². The minimum Gasteiger partial charge on any atom is -0.395 e. The van der Waals surface area contributed by atoms with Crippen molar-refractivity contribution in [1.29, 1.82) is 0 Å². The number of aromatic nitrogens is 3. The Morgan fingerprint density at radius 2 is 1.93 bits per heavy atom. The van der Waals surface area contributed by atoms with Crippen LogP contribution in [0.5, 0.6) is 11.5 Å². The summed E-state index contributed by atoms with van der Waals surface area (Å²) in [5.74, 6) is 2.35. The zero-order valence-corrected chi connectivity index (χ0v) is 15.0. The first-order chi connectivity index (χ1) is 13.0. The molecule has 5 rings (SSSR count). The number of ether oxygens (including phenoxy) is 2. The van der Waals surface area contributed by atoms with Gasteiger partial charge in [-0.25, -0.2) is 0 Å². The van der Waals surface area contributed by atoms with Crippen molar-refractivity contribution >= 4 is 0 Å². The fraction of sp³-hybridized carbons (Fsp3) is 0.579. The number of nitrogens with one attached hydrogen (secondary N) is 1. The molecule has 0 amide bonds. The monoisotopic (exact) mass is 376 g/mol. The molecule has 1 aliphatic carbocycles. The highest BCUT2D eigenvalue weighted by atomic mass is 19.3. The largest absolute Gasteiger partial charge is 0.586 e. The van der Waals surface area contributed by atoms with Crippen LogP contribution >= 0.6 is 0 Å². The molecule has 6 nitrogen and oxygen atoms in total. The van der Waals surface area contributed by atoms with Gasteiger partial charge in [0.05, 0.1) is 5.54 Å². The fourth-order valence-electron chi connectivity index (χ4n) is 4.27. The summed E-state index contributed by atoms with van der Waals surface area (Å²) in [6, 6.07) is 4.97. The zero-order chi connectivity index (χ0) is 18.5. The lowest BCUT2D eigenvalue weighted by Gasteiger charge is -2.42. The van der Waals surface area contributed by atoms with Crippen molar-refractivity contribution in [2.75, 3.05) is 6.54 Å². The maximum atomic E-state index is 13.2. The maximum Gasteiger partial charge on any atom is 0.586 e. The van der Waals surface area contributed by atoms with Gasteiger partial charge in [-0.15, -0.1) is 19.0 Å². The summed E-state index contributed by atoms with van der Waals surface area (Å²) in [6.07, 6.45) is 3.79. The lowest BCUT2D eigenvalue weighted by Crippen LogP contribution is -2.50. The summed E-state index contributed by atoms with van der Waals surface area (Å²) in [5, 5.41) is 12.6. The first kappa shape index (κ1) is 16.9. The third-order valence-electron chi connectivity index (χ3n) is 5.84. The number of hydrogen-bond acceptors (Lipinski definition) is 5. The first-order valence-electron chi connectivity index (χ1n) is 9.61. The van der Waals surface area contributed by atoms with E-state index in [1.165, 1.54) is 19.3 Å². The molecular formula is C19H22F2N4O2. The van der Waals surface area contributed by atoms with Crippen LogP contribution in [0.3, 0.4) is 0 Å². The van der Waals surface area contributed by atoms with Gasteiger partial charge in [0.15, 0.2) is 17.3 Å². The van der Waals surface area contributed by atoms with Gasteiger partial charge in [-0.2, -0.15) is 0 Å². The average Bonchev–Trinajstić information content (AvgIpc) is 3.16. The minimum absolute atomic E-state index is 0.0854. The second kappa shape index (κ2) is 6.15. The first-order valence-corrected chi connectivity index (χ1v) is 9.61. The Bertz CT molecular complexity index is 863. The lowest BCUT2D eigenvalue weighted by molar-refractivity contribution is -0.286. The molecule has 3 aliphatic rings. The molecule has 1 fully saturated rings. The Kier molecular flexibility index (Phi) is 3.86. The number of rotatable bonds is 5. The van der Waals surface area contributed by atoms with Gasteiger partial charge in [0.2, 0.25) is 0 Å². The summed E-state index contributed by atoms with van der Waals surface area (Å²) in [5.41, 5.74) is 0.826. The summed E-state index contributed by atoms with van der Waals surface area (Å²) in [7, 11) is 0. The van der Waals surface area contributed by atoms with Gasteiger partial charge in [-0.05, 0) is 56.2 Å². The number of benzene rings is 1. The molecule has 0 spiro atoms. The molecule has 8 heteroatoms. The molecule has 0 saturated heterocycles. The Balaban J connectivity index is 1.27. The number of nitrogens with zero attached hydrogens (tertiary/aromatic N) is 3. The third kappa shape index (κ3) is 2.96. The van der Waals surface area contributed by atoms with Crippen molar-refractivity contribution in [3.63, 3.8) is 0 Å². The Morgan fingerprint density at radius 1 is 1.07 bits per heavy atom. The van der Waals surface area contributed by atoms with Gasteiger partial charge in [-0.3, -0.25) is 0 Å². The van der Waals surface area contributed by atoms with Crippen molar-refractivity contribution in [1.82, 2.24) is 20.1 Å². The normalized spacial score (nSPS) is 21.6. The van der Waals surface area contributed by atoms with E-state index in [1.807, 2.05) is 0 Å². The summed E-state index contributed by atoms with van der Waals surface area (Å²) in [4.78, 5) is 0. The van der Waals surface area contributed by atoms with Gasteiger partial charge in [0.1, 0.15) is 5.82 Å². The van der Waals surface area contributed by atoms with Crippen LogP contribution in [0.4, 0.5) is 8.78 Å². The van der Waals surface area contributed by atoms with E-state index in [2.05, 4.69) is 29.6 Å². The number of halogens is 2. The standard InChI is InChI=1S/C19H22F2N4O2/c20-19(21)26-14-6-5-13(12-15(14)27-19)7-10-22-18(8-3-9-18)17-24-23-16-4-1-2-11-25(16)17/h5-6,12,22H,1-4,7-11H2. The molecule has 2 aromatic rings. The number of alkyl halides is 2. The molecule has 1 N–H and O–H groups in total. The SMILES string of the molecule is FC1(F)Oc2ccc(CCNC3(c4nnc5n4CCCC5)CCC3)cc2O1. The minimum atomic E-state index is -3.57. The Hall–Kier alpha value is -2.22. The molecule has 1 saturated carbocycles. The Labute approximate surface area is 155 Å². The topological polar surface area (TPSA) is 61.2 Å². The predicted octanol–water partition coefficient (Wildman–Crippen LogP) is 3.15. The van der Waals surface area contributed by atoms with E-state index in [-0.39, 0.29) is 17.0 Å². The molecular weight excluding hydrogens is 354 g/mol. The van der Waals surface area contributed by atoms with Crippen molar-refractivity contribution in [2.45, 2.75) is 63.3 Å². The molecule has 2 aliphatic heterocycles. The zero-order valence-electron chi connectivity index (χ0n) is 15.0. The van der Waals surface area contributed by atoms with Gasteiger partial charge >= 0.3 is 6.29 Å². The lowest BCUT2D eigenvalue weighted by atomic mass is 9.75. The van der Waals surface area contributed by atoms with E-state index in [0.717, 1.165) is 49.6 Å².